The molecule has 7 heteroatoms. The molecule has 2 unspecified atom stereocenters. The second-order valence-corrected chi connectivity index (χ2v) is 4.31. The number of esters is 1. The molecule has 0 saturated carbocycles. The predicted octanol–water partition coefficient (Wildman–Crippen LogP) is -3.11. The SMILES string of the molecule is C=C(C)NC(C(=O)OC)C(C(=O)[O-])c1ccc(O)cc1.[Na+]. The number of carboxylic acid groups (broad SMARTS) is 1. The summed E-state index contributed by atoms with van der Waals surface area (Å²) in [6.45, 7) is 5.19. The zero-order valence-electron chi connectivity index (χ0n) is 12.3. The van der Waals surface area contributed by atoms with Gasteiger partial charge >= 0.3 is 35.5 Å². The molecule has 0 saturated heterocycles. The Bertz CT molecular complexity index is 515. The van der Waals surface area contributed by atoms with Gasteiger partial charge in [0.05, 0.1) is 19.0 Å². The number of aliphatic carboxylic acids is 1. The van der Waals surface area contributed by atoms with Crippen LogP contribution < -0.4 is 40.0 Å². The summed E-state index contributed by atoms with van der Waals surface area (Å²) in [7, 11) is 1.17. The third-order valence-electron chi connectivity index (χ3n) is 2.70. The van der Waals surface area contributed by atoms with E-state index in [-0.39, 0.29) is 35.3 Å². The summed E-state index contributed by atoms with van der Waals surface area (Å²) < 4.78 is 4.61. The molecule has 21 heavy (non-hydrogen) atoms. The molecule has 2 atom stereocenters. The van der Waals surface area contributed by atoms with E-state index in [4.69, 9.17) is 0 Å². The summed E-state index contributed by atoms with van der Waals surface area (Å²) in [5.74, 6) is -3.44. The van der Waals surface area contributed by atoms with Gasteiger partial charge in [0.15, 0.2) is 0 Å². The van der Waals surface area contributed by atoms with Crippen LogP contribution >= 0.6 is 0 Å². The molecule has 2 N–H and O–H groups in total. The van der Waals surface area contributed by atoms with E-state index in [2.05, 4.69) is 16.6 Å². The number of phenolic OH excluding ortho intramolecular Hbond substituents is 1. The molecule has 0 radical (unpaired) electrons. The molecular formula is C14H16NNaO5. The van der Waals surface area contributed by atoms with Crippen molar-refractivity contribution >= 4 is 11.9 Å². The maximum atomic E-state index is 11.8. The largest absolute Gasteiger partial charge is 1.00 e. The average Bonchev–Trinajstić information content (AvgIpc) is 2.38. The Labute approximate surface area is 145 Å². The van der Waals surface area contributed by atoms with Crippen molar-refractivity contribution in [3.8, 4) is 5.75 Å². The zero-order chi connectivity index (χ0) is 15.3. The van der Waals surface area contributed by atoms with E-state index in [1.165, 1.54) is 31.4 Å². The van der Waals surface area contributed by atoms with Gasteiger partial charge in [0, 0.05) is 5.70 Å². The van der Waals surface area contributed by atoms with Gasteiger partial charge in [-0.25, -0.2) is 4.79 Å². The summed E-state index contributed by atoms with van der Waals surface area (Å²) in [6, 6.07) is 4.32. The van der Waals surface area contributed by atoms with Crippen molar-refractivity contribution in [2.75, 3.05) is 7.11 Å². The molecule has 0 bridgehead atoms. The van der Waals surface area contributed by atoms with Crippen molar-refractivity contribution in [3.63, 3.8) is 0 Å². The Hall–Kier alpha value is -1.50. The van der Waals surface area contributed by atoms with Crippen molar-refractivity contribution in [2.45, 2.75) is 18.9 Å². The van der Waals surface area contributed by atoms with Gasteiger partial charge in [-0.15, -0.1) is 0 Å². The molecule has 0 amide bonds. The van der Waals surface area contributed by atoms with Gasteiger partial charge in [-0.2, -0.15) is 0 Å². The molecule has 6 nitrogen and oxygen atoms in total. The van der Waals surface area contributed by atoms with E-state index < -0.39 is 23.9 Å². The first kappa shape index (κ1) is 19.5. The topological polar surface area (TPSA) is 98.7 Å². The molecule has 1 rings (SSSR count). The standard InChI is InChI=1S/C14H17NO5.Na/c1-8(2)15-12(14(19)20-3)11(13(17)18)9-4-6-10(16)7-5-9;/h4-7,11-12,15-16H,1H2,2-3H3,(H,17,18);/q;+1/p-1. The smallest absolute Gasteiger partial charge is 0.549 e. The van der Waals surface area contributed by atoms with Gasteiger partial charge < -0.3 is 25.1 Å². The first-order valence-corrected chi connectivity index (χ1v) is 5.86. The number of carboxylic acids is 1. The van der Waals surface area contributed by atoms with Crippen LogP contribution in [0.15, 0.2) is 36.5 Å². The number of nitrogens with one attached hydrogen (secondary N) is 1. The molecule has 1 aromatic carbocycles. The van der Waals surface area contributed by atoms with Crippen LogP contribution in [0.1, 0.15) is 18.4 Å². The van der Waals surface area contributed by atoms with E-state index in [0.717, 1.165) is 0 Å². The van der Waals surface area contributed by atoms with Crippen LogP contribution in [0.25, 0.3) is 0 Å². The fourth-order valence-corrected chi connectivity index (χ4v) is 1.82. The molecule has 108 valence electrons. The minimum absolute atomic E-state index is 0. The number of benzene rings is 1. The van der Waals surface area contributed by atoms with Gasteiger partial charge in [0.1, 0.15) is 11.8 Å². The molecular weight excluding hydrogens is 285 g/mol. The number of phenols is 1. The van der Waals surface area contributed by atoms with E-state index in [1.54, 1.807) is 6.92 Å². The third kappa shape index (κ3) is 5.41. The van der Waals surface area contributed by atoms with Crippen molar-refractivity contribution in [1.82, 2.24) is 5.32 Å². The molecule has 1 aromatic rings. The number of carbonyl (C=O) groups excluding carboxylic acids is 2. The van der Waals surface area contributed by atoms with Gasteiger partial charge in [0.2, 0.25) is 0 Å². The van der Waals surface area contributed by atoms with E-state index >= 15 is 0 Å². The molecule has 0 aliphatic carbocycles. The monoisotopic (exact) mass is 301 g/mol. The maximum Gasteiger partial charge on any atom is 1.00 e. The minimum Gasteiger partial charge on any atom is -0.549 e. The Morgan fingerprint density at radius 1 is 1.33 bits per heavy atom. The predicted molar refractivity (Wildman–Crippen MR) is 69.6 cm³/mol. The number of hydrogen-bond acceptors (Lipinski definition) is 6. The van der Waals surface area contributed by atoms with Crippen LogP contribution in [-0.2, 0) is 14.3 Å². The molecule has 0 aliphatic rings. The van der Waals surface area contributed by atoms with Crippen molar-refractivity contribution < 1.29 is 54.1 Å². The van der Waals surface area contributed by atoms with Gasteiger partial charge in [-0.1, -0.05) is 18.7 Å². The molecule has 0 aromatic heterocycles. The summed E-state index contributed by atoms with van der Waals surface area (Å²) in [5.41, 5.74) is 0.734. The Balaban J connectivity index is 0.00000400. The van der Waals surface area contributed by atoms with Crippen LogP contribution in [0.2, 0.25) is 0 Å². The van der Waals surface area contributed by atoms with E-state index in [9.17, 15) is 19.8 Å². The number of carbonyl (C=O) groups is 2. The molecule has 0 aliphatic heterocycles. The van der Waals surface area contributed by atoms with Crippen molar-refractivity contribution in [2.24, 2.45) is 0 Å². The van der Waals surface area contributed by atoms with E-state index in [0.29, 0.717) is 11.3 Å². The number of aromatic hydroxyl groups is 1. The minimum atomic E-state index is -1.43. The van der Waals surface area contributed by atoms with Crippen molar-refractivity contribution in [3.05, 3.63) is 42.1 Å². The number of methoxy groups -OCH3 is 1. The fourth-order valence-electron chi connectivity index (χ4n) is 1.82. The van der Waals surface area contributed by atoms with Crippen LogP contribution in [0.3, 0.4) is 0 Å². The van der Waals surface area contributed by atoms with Crippen LogP contribution in [0, 0.1) is 0 Å². The number of hydrogen-bond donors (Lipinski definition) is 2. The first-order chi connectivity index (χ1) is 9.36. The Kier molecular flexibility index (Phi) is 8.09. The quantitative estimate of drug-likeness (QED) is 0.426. The van der Waals surface area contributed by atoms with Crippen LogP contribution in [-0.4, -0.2) is 30.2 Å². The van der Waals surface area contributed by atoms with Crippen LogP contribution in [0.4, 0.5) is 0 Å². The Morgan fingerprint density at radius 2 is 1.86 bits per heavy atom. The fraction of sp³-hybridized carbons (Fsp3) is 0.286. The van der Waals surface area contributed by atoms with Gasteiger partial charge in [-0.05, 0) is 24.6 Å². The number of allylic oxidation sites excluding steroid dienone is 1. The van der Waals surface area contributed by atoms with Gasteiger partial charge in [-0.3, -0.25) is 0 Å². The molecule has 0 fully saturated rings. The molecule has 0 heterocycles. The van der Waals surface area contributed by atoms with Crippen molar-refractivity contribution in [1.29, 1.82) is 0 Å². The number of ether oxygens (including phenoxy) is 1. The third-order valence-corrected chi connectivity index (χ3v) is 2.70. The Morgan fingerprint density at radius 3 is 2.24 bits per heavy atom. The van der Waals surface area contributed by atoms with E-state index in [1.807, 2.05) is 0 Å². The summed E-state index contributed by atoms with van der Waals surface area (Å²) >= 11 is 0. The zero-order valence-corrected chi connectivity index (χ0v) is 14.3. The summed E-state index contributed by atoms with van der Waals surface area (Å²) in [5, 5.41) is 23.3. The number of rotatable bonds is 6. The summed E-state index contributed by atoms with van der Waals surface area (Å²) in [4.78, 5) is 23.1. The first-order valence-electron chi connectivity index (χ1n) is 5.86. The summed E-state index contributed by atoms with van der Waals surface area (Å²) in [6.07, 6.45) is 0. The molecule has 0 spiro atoms. The second kappa shape index (κ2) is 8.71. The van der Waals surface area contributed by atoms with Gasteiger partial charge in [0.25, 0.3) is 0 Å². The van der Waals surface area contributed by atoms with Crippen LogP contribution in [0.5, 0.6) is 5.75 Å². The maximum absolute atomic E-state index is 11.8. The average molecular weight is 301 g/mol. The second-order valence-electron chi connectivity index (χ2n) is 4.31. The normalized spacial score (nSPS) is 12.5.